The molecular formula is C22H24N2O5P+. The molecule has 0 bridgehead atoms. The number of carbonyl (C=O) groups is 1. The number of rotatable bonds is 7. The van der Waals surface area contributed by atoms with E-state index in [-0.39, 0.29) is 5.91 Å². The van der Waals surface area contributed by atoms with Crippen LogP contribution in [0.15, 0.2) is 65.3 Å². The van der Waals surface area contributed by atoms with Crippen molar-refractivity contribution < 1.29 is 23.3 Å². The Morgan fingerprint density at radius 1 is 1.07 bits per heavy atom. The molecule has 0 unspecified atom stereocenters. The average molecular weight is 427 g/mol. The average Bonchev–Trinajstić information content (AvgIpc) is 3.23. The number of carbonyl (C=O) groups excluding carboxylic acids is 1. The van der Waals surface area contributed by atoms with Crippen molar-refractivity contribution in [2.75, 3.05) is 18.5 Å². The van der Waals surface area contributed by atoms with Crippen LogP contribution in [0.25, 0.3) is 11.3 Å². The van der Waals surface area contributed by atoms with Crippen LogP contribution in [-0.2, 0) is 26.4 Å². The minimum Gasteiger partial charge on any atom is -0.356 e. The number of amides is 1. The molecule has 4 rings (SSSR count). The fourth-order valence-electron chi connectivity index (χ4n) is 3.26. The van der Waals surface area contributed by atoms with Crippen LogP contribution in [0.3, 0.4) is 0 Å². The Morgan fingerprint density at radius 2 is 1.80 bits per heavy atom. The lowest BCUT2D eigenvalue weighted by Crippen LogP contribution is -2.14. The summed E-state index contributed by atoms with van der Waals surface area (Å²) in [6.45, 7) is 1.05. The van der Waals surface area contributed by atoms with Gasteiger partial charge in [-0.05, 0) is 24.1 Å². The molecule has 7 nitrogen and oxygen atoms in total. The second-order valence-corrected chi connectivity index (χ2v) is 9.21. The van der Waals surface area contributed by atoms with E-state index in [2.05, 4.69) is 10.5 Å². The van der Waals surface area contributed by atoms with Gasteiger partial charge in [0.2, 0.25) is 5.91 Å². The SMILES string of the molecule is O=C(CCc1cnoc1-c1ccccc1)Nc1ccc(C[P+]2(O)OCCCO2)cc1. The van der Waals surface area contributed by atoms with Gasteiger partial charge in [-0.15, -0.1) is 0 Å². The zero-order valence-corrected chi connectivity index (χ0v) is 17.4. The summed E-state index contributed by atoms with van der Waals surface area (Å²) in [4.78, 5) is 22.8. The molecule has 1 aromatic heterocycles. The third kappa shape index (κ3) is 5.32. The molecule has 8 heteroatoms. The van der Waals surface area contributed by atoms with Gasteiger partial charge >= 0.3 is 7.94 Å². The second-order valence-electron chi connectivity index (χ2n) is 7.11. The number of anilines is 1. The van der Waals surface area contributed by atoms with Crippen LogP contribution in [0.1, 0.15) is 24.0 Å². The monoisotopic (exact) mass is 427 g/mol. The van der Waals surface area contributed by atoms with Crippen LogP contribution >= 0.6 is 7.94 Å². The summed E-state index contributed by atoms with van der Waals surface area (Å²) >= 11 is 0. The van der Waals surface area contributed by atoms with Crippen molar-refractivity contribution in [3.8, 4) is 11.3 Å². The van der Waals surface area contributed by atoms with E-state index in [1.165, 1.54) is 0 Å². The quantitative estimate of drug-likeness (QED) is 0.535. The molecule has 3 aromatic rings. The van der Waals surface area contributed by atoms with Crippen LogP contribution in [0.5, 0.6) is 0 Å². The maximum atomic E-state index is 12.4. The molecule has 1 fully saturated rings. The van der Waals surface area contributed by atoms with Gasteiger partial charge in [0.05, 0.1) is 19.4 Å². The molecule has 0 radical (unpaired) electrons. The molecule has 156 valence electrons. The molecule has 1 aliphatic heterocycles. The summed E-state index contributed by atoms with van der Waals surface area (Å²) in [6, 6.07) is 17.1. The minimum absolute atomic E-state index is 0.0898. The molecule has 1 aliphatic rings. The Kier molecular flexibility index (Phi) is 6.55. The zero-order valence-electron chi connectivity index (χ0n) is 16.5. The number of benzene rings is 2. The largest absolute Gasteiger partial charge is 0.413 e. The summed E-state index contributed by atoms with van der Waals surface area (Å²) in [7, 11) is -2.80. The predicted octanol–water partition coefficient (Wildman–Crippen LogP) is 4.60. The van der Waals surface area contributed by atoms with E-state index in [0.29, 0.717) is 43.7 Å². The first-order chi connectivity index (χ1) is 14.6. The third-order valence-electron chi connectivity index (χ3n) is 4.80. The Hall–Kier alpha value is -2.57. The van der Waals surface area contributed by atoms with Crippen molar-refractivity contribution in [3.05, 3.63) is 71.9 Å². The van der Waals surface area contributed by atoms with Crippen LogP contribution in [0.4, 0.5) is 5.69 Å². The van der Waals surface area contributed by atoms with Crippen molar-refractivity contribution in [1.29, 1.82) is 0 Å². The fourth-order valence-corrected chi connectivity index (χ4v) is 5.02. The van der Waals surface area contributed by atoms with Crippen LogP contribution < -0.4 is 5.32 Å². The number of hydrogen-bond donors (Lipinski definition) is 2. The zero-order chi connectivity index (χ0) is 20.8. The first-order valence-electron chi connectivity index (χ1n) is 9.89. The molecule has 0 spiro atoms. The van der Waals surface area contributed by atoms with Gasteiger partial charge in [-0.25, -0.2) is 0 Å². The summed E-state index contributed by atoms with van der Waals surface area (Å²) in [5.74, 6) is 0.606. The number of nitrogens with one attached hydrogen (secondary N) is 1. The molecule has 2 N–H and O–H groups in total. The first kappa shape index (κ1) is 20.7. The van der Waals surface area contributed by atoms with Crippen molar-refractivity contribution in [3.63, 3.8) is 0 Å². The van der Waals surface area contributed by atoms with Gasteiger partial charge in [0.25, 0.3) is 0 Å². The van der Waals surface area contributed by atoms with Gasteiger partial charge in [-0.1, -0.05) is 47.6 Å². The van der Waals surface area contributed by atoms with Gasteiger partial charge in [0.15, 0.2) is 11.9 Å². The van der Waals surface area contributed by atoms with Crippen LogP contribution in [-0.4, -0.2) is 29.2 Å². The van der Waals surface area contributed by atoms with E-state index < -0.39 is 7.94 Å². The number of nitrogens with zero attached hydrogens (tertiary/aromatic N) is 1. The Bertz CT molecular complexity index is 969. The summed E-state index contributed by atoms with van der Waals surface area (Å²) in [5, 5.41) is 6.78. The molecule has 0 saturated carbocycles. The molecule has 30 heavy (non-hydrogen) atoms. The second kappa shape index (κ2) is 9.49. The van der Waals surface area contributed by atoms with Crippen molar-refractivity contribution in [2.45, 2.75) is 25.4 Å². The highest BCUT2D eigenvalue weighted by Gasteiger charge is 2.43. The summed E-state index contributed by atoms with van der Waals surface area (Å²) < 4.78 is 16.2. The van der Waals surface area contributed by atoms with Crippen molar-refractivity contribution >= 4 is 19.5 Å². The van der Waals surface area contributed by atoms with Crippen molar-refractivity contribution in [1.82, 2.24) is 5.16 Å². The highest BCUT2D eigenvalue weighted by molar-refractivity contribution is 7.59. The number of aryl methyl sites for hydroxylation is 1. The Morgan fingerprint density at radius 3 is 2.53 bits per heavy atom. The molecule has 1 saturated heterocycles. The number of aromatic nitrogens is 1. The highest BCUT2D eigenvalue weighted by atomic mass is 31.2. The van der Waals surface area contributed by atoms with Gasteiger partial charge in [-0.2, -0.15) is 13.9 Å². The van der Waals surface area contributed by atoms with E-state index in [9.17, 15) is 9.69 Å². The van der Waals surface area contributed by atoms with E-state index in [1.807, 2.05) is 54.6 Å². The molecule has 2 heterocycles. The smallest absolute Gasteiger partial charge is 0.356 e. The van der Waals surface area contributed by atoms with Crippen LogP contribution in [0.2, 0.25) is 0 Å². The lowest BCUT2D eigenvalue weighted by molar-refractivity contribution is -0.116. The highest BCUT2D eigenvalue weighted by Crippen LogP contribution is 2.61. The third-order valence-corrected chi connectivity index (χ3v) is 6.73. The lowest BCUT2D eigenvalue weighted by atomic mass is 10.1. The Labute approximate surface area is 175 Å². The predicted molar refractivity (Wildman–Crippen MR) is 115 cm³/mol. The van der Waals surface area contributed by atoms with E-state index in [0.717, 1.165) is 23.1 Å². The molecular weight excluding hydrogens is 403 g/mol. The topological polar surface area (TPSA) is 93.8 Å². The van der Waals surface area contributed by atoms with Gasteiger partial charge in [-0.3, -0.25) is 4.79 Å². The standard InChI is InChI=1S/C22H23N2O5P/c25-21(12-9-19-15-23-29-22(19)18-5-2-1-3-6-18)24-20-10-7-17(8-11-20)16-30(26)27-13-4-14-28-30/h1-3,5-8,10-11,15,26H,4,9,12-14,16H2/p+1. The normalized spacial score (nSPS) is 15.6. The molecule has 1 amide bonds. The minimum atomic E-state index is -2.80. The Balaban J connectivity index is 1.30. The van der Waals surface area contributed by atoms with E-state index in [4.69, 9.17) is 13.6 Å². The van der Waals surface area contributed by atoms with E-state index in [1.54, 1.807) is 6.20 Å². The summed E-state index contributed by atoms with van der Waals surface area (Å²) in [6.07, 6.45) is 3.65. The maximum absolute atomic E-state index is 12.4. The molecule has 2 aromatic carbocycles. The van der Waals surface area contributed by atoms with E-state index >= 15 is 0 Å². The first-order valence-corrected chi connectivity index (χ1v) is 11.7. The lowest BCUT2D eigenvalue weighted by Gasteiger charge is -2.21. The molecule has 0 aliphatic carbocycles. The fraction of sp³-hybridized carbons (Fsp3) is 0.273. The number of hydrogen-bond acceptors (Lipinski definition) is 6. The van der Waals surface area contributed by atoms with Gasteiger partial charge in [0, 0.05) is 29.7 Å². The van der Waals surface area contributed by atoms with Gasteiger partial charge in [0.1, 0.15) is 0 Å². The van der Waals surface area contributed by atoms with Crippen molar-refractivity contribution in [2.24, 2.45) is 0 Å². The van der Waals surface area contributed by atoms with Gasteiger partial charge < -0.3 is 9.84 Å². The molecule has 0 atom stereocenters. The summed E-state index contributed by atoms with van der Waals surface area (Å²) in [5.41, 5.74) is 3.45. The maximum Gasteiger partial charge on any atom is 0.413 e. The van der Waals surface area contributed by atoms with Crippen LogP contribution in [0, 0.1) is 0 Å².